The molecule has 0 N–H and O–H groups in total. The van der Waals surface area contributed by atoms with Crippen LogP contribution in [-0.4, -0.2) is 11.8 Å². The van der Waals surface area contributed by atoms with Gasteiger partial charge in [-0.05, 0) is 31.9 Å². The number of imide groups is 1. The molecule has 1 saturated carbocycles. The van der Waals surface area contributed by atoms with Gasteiger partial charge in [0.15, 0.2) is 0 Å². The lowest BCUT2D eigenvalue weighted by Gasteiger charge is -2.19. The first-order chi connectivity index (χ1) is 8.68. The Kier molecular flexibility index (Phi) is 2.69. The van der Waals surface area contributed by atoms with E-state index in [-0.39, 0.29) is 23.7 Å². The van der Waals surface area contributed by atoms with Crippen LogP contribution < -0.4 is 4.90 Å². The maximum absolute atomic E-state index is 12.3. The van der Waals surface area contributed by atoms with Gasteiger partial charge < -0.3 is 0 Å². The summed E-state index contributed by atoms with van der Waals surface area (Å²) in [5, 5.41) is 0. The van der Waals surface area contributed by atoms with Crippen LogP contribution in [0, 0.1) is 18.8 Å². The predicted molar refractivity (Wildman–Crippen MR) is 69.1 cm³/mol. The summed E-state index contributed by atoms with van der Waals surface area (Å²) in [5.41, 5.74) is 1.86. The number of anilines is 1. The second-order valence-corrected chi connectivity index (χ2v) is 5.34. The van der Waals surface area contributed by atoms with Crippen LogP contribution in [0.25, 0.3) is 0 Å². The van der Waals surface area contributed by atoms with Crippen LogP contribution >= 0.6 is 0 Å². The van der Waals surface area contributed by atoms with Crippen LogP contribution in [0.1, 0.15) is 31.2 Å². The minimum absolute atomic E-state index is 0.00792. The third-order valence-corrected chi connectivity index (χ3v) is 4.13. The first-order valence-corrected chi connectivity index (χ1v) is 6.63. The summed E-state index contributed by atoms with van der Waals surface area (Å²) in [6, 6.07) is 7.61. The molecule has 2 unspecified atom stereocenters. The van der Waals surface area contributed by atoms with E-state index in [1.54, 1.807) is 0 Å². The van der Waals surface area contributed by atoms with E-state index in [9.17, 15) is 9.59 Å². The average molecular weight is 243 g/mol. The summed E-state index contributed by atoms with van der Waals surface area (Å²) < 4.78 is 0. The Morgan fingerprint density at radius 3 is 1.94 bits per heavy atom. The molecule has 1 heterocycles. The molecular weight excluding hydrogens is 226 g/mol. The normalized spacial score (nSPS) is 27.5. The van der Waals surface area contributed by atoms with Gasteiger partial charge in [0.2, 0.25) is 11.8 Å². The second kappa shape index (κ2) is 4.23. The number of carbonyl (C=O) groups is 2. The smallest absolute Gasteiger partial charge is 0.237 e. The quantitative estimate of drug-likeness (QED) is 0.711. The van der Waals surface area contributed by atoms with Crippen LogP contribution in [0.15, 0.2) is 24.3 Å². The minimum Gasteiger partial charge on any atom is -0.274 e. The van der Waals surface area contributed by atoms with Crippen molar-refractivity contribution in [2.75, 3.05) is 4.90 Å². The lowest BCUT2D eigenvalue weighted by atomic mass is 9.81. The second-order valence-electron chi connectivity index (χ2n) is 5.34. The third-order valence-electron chi connectivity index (χ3n) is 4.13. The number of nitrogens with zero attached hydrogens (tertiary/aromatic N) is 1. The van der Waals surface area contributed by atoms with Crippen LogP contribution in [0.2, 0.25) is 0 Å². The highest BCUT2D eigenvalue weighted by molar-refractivity contribution is 6.22. The fraction of sp³-hybridized carbons (Fsp3) is 0.467. The number of amides is 2. The molecule has 1 aromatic carbocycles. The zero-order valence-electron chi connectivity index (χ0n) is 10.6. The molecule has 1 aliphatic carbocycles. The number of benzene rings is 1. The molecule has 2 amide bonds. The Bertz CT molecular complexity index is 468. The van der Waals surface area contributed by atoms with Crippen LogP contribution in [0.4, 0.5) is 5.69 Å². The molecule has 3 heteroatoms. The number of hydrogen-bond acceptors (Lipinski definition) is 2. The molecule has 1 aromatic rings. The van der Waals surface area contributed by atoms with E-state index in [1.165, 1.54) is 4.90 Å². The van der Waals surface area contributed by atoms with E-state index >= 15 is 0 Å². The maximum Gasteiger partial charge on any atom is 0.237 e. The van der Waals surface area contributed by atoms with E-state index in [4.69, 9.17) is 0 Å². The monoisotopic (exact) mass is 243 g/mol. The highest BCUT2D eigenvalue weighted by Crippen LogP contribution is 2.39. The summed E-state index contributed by atoms with van der Waals surface area (Å²) >= 11 is 0. The van der Waals surface area contributed by atoms with Gasteiger partial charge in [0.05, 0.1) is 17.5 Å². The van der Waals surface area contributed by atoms with Gasteiger partial charge in [-0.25, -0.2) is 0 Å². The zero-order chi connectivity index (χ0) is 12.7. The lowest BCUT2D eigenvalue weighted by molar-refractivity contribution is -0.122. The van der Waals surface area contributed by atoms with Gasteiger partial charge in [0.1, 0.15) is 0 Å². The van der Waals surface area contributed by atoms with Gasteiger partial charge in [0, 0.05) is 0 Å². The van der Waals surface area contributed by atoms with Gasteiger partial charge in [-0.3, -0.25) is 14.5 Å². The van der Waals surface area contributed by atoms with Crippen LogP contribution in [0.3, 0.4) is 0 Å². The van der Waals surface area contributed by atoms with E-state index in [0.717, 1.165) is 36.9 Å². The molecule has 2 aliphatic rings. The van der Waals surface area contributed by atoms with Crippen molar-refractivity contribution in [3.8, 4) is 0 Å². The highest BCUT2D eigenvalue weighted by atomic mass is 16.2. The first-order valence-electron chi connectivity index (χ1n) is 6.63. The first kappa shape index (κ1) is 11.5. The minimum atomic E-state index is -0.0625. The van der Waals surface area contributed by atoms with Gasteiger partial charge in [-0.15, -0.1) is 0 Å². The molecule has 0 radical (unpaired) electrons. The van der Waals surface area contributed by atoms with Crippen molar-refractivity contribution < 1.29 is 9.59 Å². The van der Waals surface area contributed by atoms with E-state index < -0.39 is 0 Å². The Labute approximate surface area is 107 Å². The van der Waals surface area contributed by atoms with Crippen LogP contribution in [-0.2, 0) is 9.59 Å². The number of fused-ring (bicyclic) bond motifs is 1. The summed E-state index contributed by atoms with van der Waals surface area (Å²) in [5.74, 6) is -0.109. The highest BCUT2D eigenvalue weighted by Gasteiger charge is 2.48. The molecule has 18 heavy (non-hydrogen) atoms. The van der Waals surface area contributed by atoms with Crippen molar-refractivity contribution in [3.63, 3.8) is 0 Å². The van der Waals surface area contributed by atoms with Crippen molar-refractivity contribution in [3.05, 3.63) is 29.8 Å². The van der Waals surface area contributed by atoms with E-state index in [1.807, 2.05) is 31.2 Å². The SMILES string of the molecule is Cc1ccc(N2C(=O)C3CCCCC3C2=O)cc1. The lowest BCUT2D eigenvalue weighted by Crippen LogP contribution is -2.30. The molecule has 3 rings (SSSR count). The summed E-state index contributed by atoms with van der Waals surface area (Å²) in [4.78, 5) is 26.1. The molecule has 2 fully saturated rings. The van der Waals surface area contributed by atoms with Gasteiger partial charge in [-0.1, -0.05) is 30.5 Å². The molecule has 1 saturated heterocycles. The third kappa shape index (κ3) is 1.65. The molecule has 94 valence electrons. The molecule has 1 aliphatic heterocycles. The zero-order valence-corrected chi connectivity index (χ0v) is 10.6. The Balaban J connectivity index is 1.95. The van der Waals surface area contributed by atoms with E-state index in [0.29, 0.717) is 0 Å². The summed E-state index contributed by atoms with van der Waals surface area (Å²) in [6.07, 6.45) is 3.89. The molecular formula is C15H17NO2. The van der Waals surface area contributed by atoms with Crippen molar-refractivity contribution in [2.24, 2.45) is 11.8 Å². The predicted octanol–water partition coefficient (Wildman–Crippen LogP) is 2.67. The van der Waals surface area contributed by atoms with Crippen molar-refractivity contribution in [1.29, 1.82) is 0 Å². The van der Waals surface area contributed by atoms with Gasteiger partial charge >= 0.3 is 0 Å². The van der Waals surface area contributed by atoms with E-state index in [2.05, 4.69) is 0 Å². The Morgan fingerprint density at radius 1 is 0.944 bits per heavy atom. The maximum atomic E-state index is 12.3. The van der Waals surface area contributed by atoms with Crippen LogP contribution in [0.5, 0.6) is 0 Å². The molecule has 0 aromatic heterocycles. The number of aryl methyl sites for hydroxylation is 1. The summed E-state index contributed by atoms with van der Waals surface area (Å²) in [6.45, 7) is 2.00. The van der Waals surface area contributed by atoms with Gasteiger partial charge in [0.25, 0.3) is 0 Å². The van der Waals surface area contributed by atoms with Crippen molar-refractivity contribution in [2.45, 2.75) is 32.6 Å². The van der Waals surface area contributed by atoms with Gasteiger partial charge in [-0.2, -0.15) is 0 Å². The number of carbonyl (C=O) groups excluding carboxylic acids is 2. The molecule has 0 bridgehead atoms. The fourth-order valence-electron chi connectivity index (χ4n) is 3.11. The van der Waals surface area contributed by atoms with Crippen molar-refractivity contribution in [1.82, 2.24) is 0 Å². The number of hydrogen-bond donors (Lipinski definition) is 0. The fourth-order valence-corrected chi connectivity index (χ4v) is 3.11. The Hall–Kier alpha value is -1.64. The molecule has 0 spiro atoms. The standard InChI is InChI=1S/C15H17NO2/c1-10-6-8-11(9-7-10)16-14(17)12-4-2-3-5-13(12)15(16)18/h6-9,12-13H,2-5H2,1H3. The number of rotatable bonds is 1. The largest absolute Gasteiger partial charge is 0.274 e. The van der Waals surface area contributed by atoms with Crippen molar-refractivity contribution >= 4 is 17.5 Å². The molecule has 3 nitrogen and oxygen atoms in total. The molecule has 2 atom stereocenters. The Morgan fingerprint density at radius 2 is 1.44 bits per heavy atom. The average Bonchev–Trinajstić information content (AvgIpc) is 2.64. The summed E-state index contributed by atoms with van der Waals surface area (Å²) in [7, 11) is 0. The topological polar surface area (TPSA) is 37.4 Å².